The number of hydrogen-bond donors (Lipinski definition) is 0. The Morgan fingerprint density at radius 3 is 2.45 bits per heavy atom. The van der Waals surface area contributed by atoms with Crippen LogP contribution >= 0.6 is 23.2 Å². The Labute approximate surface area is 138 Å². The van der Waals surface area contributed by atoms with Crippen LogP contribution < -0.4 is 4.74 Å². The molecular weight excluding hydrogens is 323 g/mol. The summed E-state index contributed by atoms with van der Waals surface area (Å²) in [6.07, 6.45) is 3.73. The minimum atomic E-state index is -0.266. The predicted octanol–water partition coefficient (Wildman–Crippen LogP) is 4.47. The highest BCUT2D eigenvalue weighted by molar-refractivity contribution is 6.45. The second kappa shape index (κ2) is 7.78. The lowest BCUT2D eigenvalue weighted by Gasteiger charge is -2.08. The summed E-state index contributed by atoms with van der Waals surface area (Å²) in [4.78, 5) is 22.5. The quantitative estimate of drug-likeness (QED) is 0.444. The van der Waals surface area contributed by atoms with Crippen molar-refractivity contribution in [3.8, 4) is 5.75 Å². The van der Waals surface area contributed by atoms with E-state index < -0.39 is 0 Å². The number of halogens is 2. The Hall–Kier alpha value is -2.10. The van der Waals surface area contributed by atoms with Gasteiger partial charge in [-0.05, 0) is 23.8 Å². The lowest BCUT2D eigenvalue weighted by atomic mass is 10.1. The fourth-order valence-corrected chi connectivity index (χ4v) is 2.25. The maximum absolute atomic E-state index is 12.2. The Balaban J connectivity index is 2.21. The molecule has 0 saturated heterocycles. The molecule has 0 unspecified atom stereocenters. The summed E-state index contributed by atoms with van der Waals surface area (Å²) in [5.74, 6) is 0.0000426. The minimum Gasteiger partial charge on any atom is -0.485 e. The maximum Gasteiger partial charge on any atom is 0.187 e. The van der Waals surface area contributed by atoms with Gasteiger partial charge in [-0.2, -0.15) is 0 Å². The van der Waals surface area contributed by atoms with Crippen molar-refractivity contribution in [3.63, 3.8) is 0 Å². The fourth-order valence-electron chi connectivity index (χ4n) is 1.78. The summed E-state index contributed by atoms with van der Waals surface area (Å²) in [7, 11) is 0. The summed E-state index contributed by atoms with van der Waals surface area (Å²) >= 11 is 12.1. The minimum absolute atomic E-state index is 0.104. The molecule has 0 atom stereocenters. The molecule has 112 valence electrons. The molecular formula is C17H12Cl2O3. The van der Waals surface area contributed by atoms with Gasteiger partial charge in [0.15, 0.2) is 12.1 Å². The molecule has 0 bridgehead atoms. The van der Waals surface area contributed by atoms with E-state index in [4.69, 9.17) is 27.9 Å². The van der Waals surface area contributed by atoms with Gasteiger partial charge >= 0.3 is 0 Å². The van der Waals surface area contributed by atoms with E-state index in [-0.39, 0.29) is 33.7 Å². The molecule has 0 heterocycles. The first-order valence-corrected chi connectivity index (χ1v) is 7.21. The monoisotopic (exact) mass is 334 g/mol. The summed E-state index contributed by atoms with van der Waals surface area (Å²) < 4.78 is 5.12. The summed E-state index contributed by atoms with van der Waals surface area (Å²) in [5, 5.41) is 0.218. The summed E-state index contributed by atoms with van der Waals surface area (Å²) in [6.45, 7) is -0.128. The first kappa shape index (κ1) is 16.3. The van der Waals surface area contributed by atoms with Crippen molar-refractivity contribution in [2.24, 2.45) is 0 Å². The van der Waals surface area contributed by atoms with Gasteiger partial charge in [-0.15, -0.1) is 0 Å². The van der Waals surface area contributed by atoms with Gasteiger partial charge in [-0.25, -0.2) is 0 Å². The van der Waals surface area contributed by atoms with E-state index in [0.717, 1.165) is 5.56 Å². The lowest BCUT2D eigenvalue weighted by Crippen LogP contribution is -2.01. The normalized spacial score (nSPS) is 10.6. The van der Waals surface area contributed by atoms with E-state index in [1.165, 1.54) is 18.2 Å². The molecule has 2 aromatic carbocycles. The highest BCUT2D eigenvalue weighted by Gasteiger charge is 2.14. The highest BCUT2D eigenvalue weighted by Crippen LogP contribution is 2.35. The SMILES string of the molecule is O=CCOc1ccc(C(=O)/C=C/c2ccccc2)c(Cl)c1Cl. The molecule has 0 N–H and O–H groups in total. The van der Waals surface area contributed by atoms with E-state index in [1.807, 2.05) is 30.3 Å². The number of carbonyl (C=O) groups excluding carboxylic acids is 2. The summed E-state index contributed by atoms with van der Waals surface area (Å²) in [6, 6.07) is 12.5. The van der Waals surface area contributed by atoms with E-state index in [0.29, 0.717) is 6.29 Å². The molecule has 5 heteroatoms. The first-order chi connectivity index (χ1) is 10.6. The third kappa shape index (κ3) is 3.97. The molecule has 0 spiro atoms. The van der Waals surface area contributed by atoms with E-state index in [9.17, 15) is 9.59 Å². The van der Waals surface area contributed by atoms with E-state index in [2.05, 4.69) is 0 Å². The Morgan fingerprint density at radius 1 is 1.05 bits per heavy atom. The molecule has 0 aliphatic heterocycles. The molecule has 0 aliphatic carbocycles. The largest absolute Gasteiger partial charge is 0.485 e. The average molecular weight is 335 g/mol. The Morgan fingerprint density at radius 2 is 1.77 bits per heavy atom. The van der Waals surface area contributed by atoms with Gasteiger partial charge in [0.1, 0.15) is 17.4 Å². The van der Waals surface area contributed by atoms with Gasteiger partial charge in [0.2, 0.25) is 0 Å². The standard InChI is InChI=1S/C17H12Cl2O3/c18-16-13(7-9-15(17(16)19)22-11-10-20)14(21)8-6-12-4-2-1-3-5-12/h1-10H,11H2/b8-6+. The van der Waals surface area contributed by atoms with Crippen LogP contribution in [0.1, 0.15) is 15.9 Å². The number of ketones is 1. The van der Waals surface area contributed by atoms with Crippen molar-refractivity contribution < 1.29 is 14.3 Å². The fraction of sp³-hybridized carbons (Fsp3) is 0.0588. The number of ether oxygens (including phenoxy) is 1. The average Bonchev–Trinajstić information content (AvgIpc) is 2.55. The van der Waals surface area contributed by atoms with Crippen LogP contribution in [0.4, 0.5) is 0 Å². The van der Waals surface area contributed by atoms with Crippen LogP contribution in [-0.2, 0) is 4.79 Å². The van der Waals surface area contributed by atoms with Gasteiger partial charge in [0.05, 0.1) is 5.02 Å². The summed E-state index contributed by atoms with van der Waals surface area (Å²) in [5.41, 5.74) is 1.18. The molecule has 2 aromatic rings. The predicted molar refractivity (Wildman–Crippen MR) is 87.8 cm³/mol. The highest BCUT2D eigenvalue weighted by atomic mass is 35.5. The van der Waals surface area contributed by atoms with Crippen molar-refractivity contribution in [3.05, 3.63) is 69.7 Å². The number of carbonyl (C=O) groups is 2. The molecule has 0 radical (unpaired) electrons. The topological polar surface area (TPSA) is 43.4 Å². The van der Waals surface area contributed by atoms with Crippen LogP contribution in [0.25, 0.3) is 6.08 Å². The second-order valence-corrected chi connectivity index (χ2v) is 5.08. The zero-order valence-electron chi connectivity index (χ0n) is 11.5. The Bertz CT molecular complexity index is 709. The molecule has 3 nitrogen and oxygen atoms in total. The van der Waals surface area contributed by atoms with Crippen LogP contribution in [-0.4, -0.2) is 18.7 Å². The number of benzene rings is 2. The van der Waals surface area contributed by atoms with Crippen molar-refractivity contribution in [2.45, 2.75) is 0 Å². The molecule has 2 rings (SSSR count). The van der Waals surface area contributed by atoms with E-state index in [1.54, 1.807) is 6.08 Å². The zero-order valence-corrected chi connectivity index (χ0v) is 13.0. The number of aldehydes is 1. The van der Waals surface area contributed by atoms with E-state index >= 15 is 0 Å². The number of hydrogen-bond acceptors (Lipinski definition) is 3. The van der Waals surface area contributed by atoms with Crippen LogP contribution in [0.15, 0.2) is 48.5 Å². The third-order valence-electron chi connectivity index (χ3n) is 2.85. The molecule has 22 heavy (non-hydrogen) atoms. The molecule has 0 fully saturated rings. The Kier molecular flexibility index (Phi) is 5.75. The first-order valence-electron chi connectivity index (χ1n) is 6.45. The molecule has 0 saturated carbocycles. The van der Waals surface area contributed by atoms with Gasteiger partial charge < -0.3 is 4.74 Å². The van der Waals surface area contributed by atoms with Gasteiger partial charge in [0, 0.05) is 5.56 Å². The van der Waals surface area contributed by atoms with Crippen LogP contribution in [0.3, 0.4) is 0 Å². The maximum atomic E-state index is 12.2. The van der Waals surface area contributed by atoms with Crippen LogP contribution in [0.2, 0.25) is 10.0 Å². The van der Waals surface area contributed by atoms with Crippen molar-refractivity contribution in [2.75, 3.05) is 6.61 Å². The van der Waals surface area contributed by atoms with Crippen molar-refractivity contribution >= 4 is 41.3 Å². The molecule has 0 aliphatic rings. The van der Waals surface area contributed by atoms with Crippen LogP contribution in [0.5, 0.6) is 5.75 Å². The second-order valence-electron chi connectivity index (χ2n) is 4.33. The third-order valence-corrected chi connectivity index (χ3v) is 3.71. The smallest absolute Gasteiger partial charge is 0.187 e. The number of allylic oxidation sites excluding steroid dienone is 1. The lowest BCUT2D eigenvalue weighted by molar-refractivity contribution is -0.109. The number of rotatable bonds is 6. The van der Waals surface area contributed by atoms with Gasteiger partial charge in [-0.3, -0.25) is 9.59 Å². The van der Waals surface area contributed by atoms with Crippen molar-refractivity contribution in [1.82, 2.24) is 0 Å². The van der Waals surface area contributed by atoms with Crippen molar-refractivity contribution in [1.29, 1.82) is 0 Å². The molecule has 0 aromatic heterocycles. The van der Waals surface area contributed by atoms with Gasteiger partial charge in [0.25, 0.3) is 0 Å². The van der Waals surface area contributed by atoms with Crippen LogP contribution in [0, 0.1) is 0 Å². The molecule has 0 amide bonds. The zero-order chi connectivity index (χ0) is 15.9. The van der Waals surface area contributed by atoms with Gasteiger partial charge in [-0.1, -0.05) is 59.6 Å².